The van der Waals surface area contributed by atoms with Gasteiger partial charge in [-0.2, -0.15) is 0 Å². The Morgan fingerprint density at radius 1 is 1.00 bits per heavy atom. The van der Waals surface area contributed by atoms with E-state index in [4.69, 9.17) is 0 Å². The quantitative estimate of drug-likeness (QED) is 0.662. The van der Waals surface area contributed by atoms with E-state index in [1.54, 1.807) is 0 Å². The number of hydrogen-bond donors (Lipinski definition) is 1. The molecule has 1 unspecified atom stereocenters. The predicted octanol–water partition coefficient (Wildman–Crippen LogP) is 4.37. The Labute approximate surface area is 102 Å². The van der Waals surface area contributed by atoms with Crippen LogP contribution in [0.4, 0.5) is 0 Å². The van der Waals surface area contributed by atoms with Gasteiger partial charge in [-0.15, -0.1) is 0 Å². The molecule has 1 nitrogen and oxygen atoms in total. The average molecular weight is 225 g/mol. The summed E-state index contributed by atoms with van der Waals surface area (Å²) >= 11 is 0. The first kappa shape index (κ1) is 14.0. The molecule has 0 aliphatic heterocycles. The lowest BCUT2D eigenvalue weighted by molar-refractivity contribution is 0.320. The summed E-state index contributed by atoms with van der Waals surface area (Å²) in [6.45, 7) is 8.27. The van der Waals surface area contributed by atoms with Crippen LogP contribution in [0.5, 0.6) is 0 Å². The molecular formula is C15H31N. The molecule has 1 rings (SSSR count). The molecule has 1 aliphatic carbocycles. The molecule has 0 aromatic carbocycles. The first-order valence-electron chi connectivity index (χ1n) is 7.51. The van der Waals surface area contributed by atoms with E-state index in [-0.39, 0.29) is 0 Å². The third kappa shape index (κ3) is 4.86. The molecule has 0 aromatic heterocycles. The molecule has 0 heterocycles. The Bertz CT molecular complexity index is 153. The van der Waals surface area contributed by atoms with Gasteiger partial charge in [-0.25, -0.2) is 0 Å². The monoisotopic (exact) mass is 225 g/mol. The zero-order valence-corrected chi connectivity index (χ0v) is 11.6. The van der Waals surface area contributed by atoms with Gasteiger partial charge in [0.15, 0.2) is 0 Å². The van der Waals surface area contributed by atoms with Crippen molar-refractivity contribution in [3.8, 4) is 0 Å². The first-order chi connectivity index (χ1) is 7.77. The molecule has 1 fully saturated rings. The van der Waals surface area contributed by atoms with Gasteiger partial charge in [0.05, 0.1) is 0 Å². The van der Waals surface area contributed by atoms with E-state index < -0.39 is 0 Å². The van der Waals surface area contributed by atoms with E-state index >= 15 is 0 Å². The molecule has 0 saturated heterocycles. The maximum Gasteiger partial charge on any atom is 0.00669 e. The molecule has 1 saturated carbocycles. The van der Waals surface area contributed by atoms with Gasteiger partial charge in [0.25, 0.3) is 0 Å². The van der Waals surface area contributed by atoms with E-state index in [1.165, 1.54) is 57.9 Å². The molecule has 96 valence electrons. The highest BCUT2D eigenvalue weighted by Gasteiger charge is 2.16. The number of hydrogen-bond acceptors (Lipinski definition) is 1. The van der Waals surface area contributed by atoms with Crippen LogP contribution < -0.4 is 5.32 Å². The van der Waals surface area contributed by atoms with Crippen molar-refractivity contribution in [1.29, 1.82) is 0 Å². The number of rotatable bonds is 6. The highest BCUT2D eigenvalue weighted by molar-refractivity contribution is 4.73. The molecule has 0 aromatic rings. The van der Waals surface area contributed by atoms with Gasteiger partial charge < -0.3 is 5.32 Å². The first-order valence-corrected chi connectivity index (χ1v) is 7.51. The summed E-state index contributed by atoms with van der Waals surface area (Å²) < 4.78 is 0. The van der Waals surface area contributed by atoms with Crippen LogP contribution in [0.2, 0.25) is 0 Å². The third-order valence-corrected chi connectivity index (χ3v) is 4.46. The van der Waals surface area contributed by atoms with E-state index in [0.717, 1.165) is 11.8 Å². The standard InChI is InChI=1S/C15H31N/c1-4-15(5-2)13(3)16-12-14-10-8-6-7-9-11-14/h13-16H,4-12H2,1-3H3. The Balaban J connectivity index is 2.21. The van der Waals surface area contributed by atoms with Crippen molar-refractivity contribution in [1.82, 2.24) is 5.32 Å². The summed E-state index contributed by atoms with van der Waals surface area (Å²) in [7, 11) is 0. The number of nitrogens with one attached hydrogen (secondary N) is 1. The molecular weight excluding hydrogens is 194 g/mol. The summed E-state index contributed by atoms with van der Waals surface area (Å²) in [4.78, 5) is 0. The predicted molar refractivity (Wildman–Crippen MR) is 72.7 cm³/mol. The molecule has 16 heavy (non-hydrogen) atoms. The van der Waals surface area contributed by atoms with Gasteiger partial charge in [-0.3, -0.25) is 0 Å². The second kappa shape index (κ2) is 8.11. The average Bonchev–Trinajstić information content (AvgIpc) is 2.56. The van der Waals surface area contributed by atoms with Crippen molar-refractivity contribution in [2.75, 3.05) is 6.54 Å². The van der Waals surface area contributed by atoms with Gasteiger partial charge in [0.1, 0.15) is 0 Å². The van der Waals surface area contributed by atoms with E-state index in [1.807, 2.05) is 0 Å². The summed E-state index contributed by atoms with van der Waals surface area (Å²) in [5.74, 6) is 1.82. The van der Waals surface area contributed by atoms with Crippen molar-refractivity contribution in [2.45, 2.75) is 78.2 Å². The van der Waals surface area contributed by atoms with Gasteiger partial charge in [0.2, 0.25) is 0 Å². The fourth-order valence-corrected chi connectivity index (χ4v) is 3.08. The van der Waals surface area contributed by atoms with Gasteiger partial charge in [-0.05, 0) is 38.1 Å². The molecule has 1 N–H and O–H groups in total. The van der Waals surface area contributed by atoms with Crippen LogP contribution in [0.25, 0.3) is 0 Å². The smallest absolute Gasteiger partial charge is 0.00669 e. The lowest BCUT2D eigenvalue weighted by Gasteiger charge is -2.25. The molecule has 0 radical (unpaired) electrons. The fraction of sp³-hybridized carbons (Fsp3) is 1.00. The molecule has 0 bridgehead atoms. The largest absolute Gasteiger partial charge is 0.314 e. The van der Waals surface area contributed by atoms with Crippen molar-refractivity contribution in [3.63, 3.8) is 0 Å². The highest BCUT2D eigenvalue weighted by Crippen LogP contribution is 2.22. The van der Waals surface area contributed by atoms with Crippen LogP contribution in [0.3, 0.4) is 0 Å². The second-order valence-electron chi connectivity index (χ2n) is 5.63. The fourth-order valence-electron chi connectivity index (χ4n) is 3.08. The maximum atomic E-state index is 3.78. The lowest BCUT2D eigenvalue weighted by Crippen LogP contribution is -2.36. The van der Waals surface area contributed by atoms with Crippen molar-refractivity contribution in [2.24, 2.45) is 11.8 Å². The zero-order chi connectivity index (χ0) is 11.8. The molecule has 1 aliphatic rings. The van der Waals surface area contributed by atoms with Crippen molar-refractivity contribution >= 4 is 0 Å². The van der Waals surface area contributed by atoms with Gasteiger partial charge >= 0.3 is 0 Å². The normalized spacial score (nSPS) is 21.0. The van der Waals surface area contributed by atoms with Crippen LogP contribution in [0.15, 0.2) is 0 Å². The molecule has 0 spiro atoms. The Morgan fingerprint density at radius 2 is 1.56 bits per heavy atom. The Morgan fingerprint density at radius 3 is 2.06 bits per heavy atom. The highest BCUT2D eigenvalue weighted by atomic mass is 14.9. The Hall–Kier alpha value is -0.0400. The van der Waals surface area contributed by atoms with Crippen molar-refractivity contribution in [3.05, 3.63) is 0 Å². The summed E-state index contributed by atoms with van der Waals surface area (Å²) in [5.41, 5.74) is 0. The summed E-state index contributed by atoms with van der Waals surface area (Å²) in [6, 6.07) is 0.707. The maximum absolute atomic E-state index is 3.78. The van der Waals surface area contributed by atoms with Crippen LogP contribution >= 0.6 is 0 Å². The van der Waals surface area contributed by atoms with Crippen molar-refractivity contribution < 1.29 is 0 Å². The molecule has 1 atom stereocenters. The Kier molecular flexibility index (Phi) is 7.11. The van der Waals surface area contributed by atoms with E-state index in [2.05, 4.69) is 26.1 Å². The third-order valence-electron chi connectivity index (χ3n) is 4.46. The summed E-state index contributed by atoms with van der Waals surface area (Å²) in [5, 5.41) is 3.78. The van der Waals surface area contributed by atoms with Crippen LogP contribution in [0, 0.1) is 11.8 Å². The minimum absolute atomic E-state index is 0.707. The van der Waals surface area contributed by atoms with Crippen LogP contribution in [-0.2, 0) is 0 Å². The molecule has 0 amide bonds. The van der Waals surface area contributed by atoms with Crippen LogP contribution in [-0.4, -0.2) is 12.6 Å². The summed E-state index contributed by atoms with van der Waals surface area (Å²) in [6.07, 6.45) is 11.4. The van der Waals surface area contributed by atoms with Crippen LogP contribution in [0.1, 0.15) is 72.1 Å². The topological polar surface area (TPSA) is 12.0 Å². The second-order valence-corrected chi connectivity index (χ2v) is 5.63. The van der Waals surface area contributed by atoms with E-state index in [0.29, 0.717) is 6.04 Å². The van der Waals surface area contributed by atoms with Gasteiger partial charge in [0, 0.05) is 6.04 Å². The van der Waals surface area contributed by atoms with Gasteiger partial charge in [-0.1, -0.05) is 52.4 Å². The van der Waals surface area contributed by atoms with E-state index in [9.17, 15) is 0 Å². The minimum Gasteiger partial charge on any atom is -0.314 e. The SMILES string of the molecule is CCC(CC)C(C)NCC1CCCCCC1. The minimum atomic E-state index is 0.707. The zero-order valence-electron chi connectivity index (χ0n) is 11.6. The lowest BCUT2D eigenvalue weighted by atomic mass is 9.94. The molecule has 1 heteroatoms.